The van der Waals surface area contributed by atoms with Gasteiger partial charge in [0.1, 0.15) is 18.3 Å². The molecule has 0 amide bonds. The number of benzene rings is 2. The molecule has 3 nitrogen and oxygen atoms in total. The smallest absolute Gasteiger partial charge is 0.315 e. The first-order chi connectivity index (χ1) is 9.56. The van der Waals surface area contributed by atoms with E-state index in [1.165, 1.54) is 0 Å². The lowest BCUT2D eigenvalue weighted by Crippen LogP contribution is -2.14. The number of hydrogen-bond acceptors (Lipinski definition) is 2. The summed E-state index contributed by atoms with van der Waals surface area (Å²) in [7, 11) is 0. The van der Waals surface area contributed by atoms with Crippen LogP contribution in [0.15, 0.2) is 40.9 Å². The molecular formula is C16H13BrO3. The Bertz CT molecular complexity index is 641. The molecule has 0 saturated heterocycles. The van der Waals surface area contributed by atoms with Gasteiger partial charge in [-0.25, -0.2) is 0 Å². The molecular weight excluding hydrogens is 320 g/mol. The number of carboxylic acids is 1. The number of rotatable bonds is 1. The van der Waals surface area contributed by atoms with Crippen LogP contribution in [0.3, 0.4) is 0 Å². The van der Waals surface area contributed by atoms with E-state index in [9.17, 15) is 9.90 Å². The molecule has 4 heteroatoms. The van der Waals surface area contributed by atoms with Gasteiger partial charge in [-0.15, -0.1) is 0 Å². The van der Waals surface area contributed by atoms with Gasteiger partial charge in [0, 0.05) is 10.0 Å². The maximum Gasteiger partial charge on any atom is 0.315 e. The van der Waals surface area contributed by atoms with Gasteiger partial charge in [-0.2, -0.15) is 0 Å². The zero-order valence-electron chi connectivity index (χ0n) is 10.9. The molecule has 0 aliphatic carbocycles. The van der Waals surface area contributed by atoms with Crippen molar-refractivity contribution in [1.82, 2.24) is 0 Å². The topological polar surface area (TPSA) is 46.5 Å². The van der Waals surface area contributed by atoms with Crippen LogP contribution in [0.1, 0.15) is 28.2 Å². The van der Waals surface area contributed by atoms with E-state index in [1.807, 2.05) is 43.3 Å². The average Bonchev–Trinajstić information content (AvgIpc) is 2.54. The van der Waals surface area contributed by atoms with Crippen LogP contribution in [-0.4, -0.2) is 11.1 Å². The number of carbonyl (C=O) groups is 1. The summed E-state index contributed by atoms with van der Waals surface area (Å²) >= 11 is 3.41. The molecule has 1 N–H and O–H groups in total. The zero-order chi connectivity index (χ0) is 14.3. The standard InChI is InChI=1S/C16H13BrO3/c1-9-2-5-14-13(6-9)15(16(18)19)12-7-11(17)4-3-10(12)8-20-14/h2-7,15H,8H2,1H3,(H,18,19)/t15-/m0/s1. The summed E-state index contributed by atoms with van der Waals surface area (Å²) in [5.41, 5.74) is 3.44. The van der Waals surface area contributed by atoms with Crippen LogP contribution in [0.4, 0.5) is 0 Å². The van der Waals surface area contributed by atoms with Crippen molar-refractivity contribution in [2.24, 2.45) is 0 Å². The first kappa shape index (κ1) is 13.2. The molecule has 1 aliphatic heterocycles. The predicted molar refractivity (Wildman–Crippen MR) is 79.1 cm³/mol. The second-order valence-electron chi connectivity index (χ2n) is 4.94. The number of fused-ring (bicyclic) bond motifs is 2. The largest absolute Gasteiger partial charge is 0.489 e. The van der Waals surface area contributed by atoms with Crippen LogP contribution in [0, 0.1) is 6.92 Å². The Morgan fingerprint density at radius 1 is 1.25 bits per heavy atom. The highest BCUT2D eigenvalue weighted by molar-refractivity contribution is 9.10. The summed E-state index contributed by atoms with van der Waals surface area (Å²) in [6.45, 7) is 2.34. The molecule has 0 unspecified atom stereocenters. The Morgan fingerprint density at radius 3 is 2.80 bits per heavy atom. The van der Waals surface area contributed by atoms with Gasteiger partial charge in [-0.3, -0.25) is 4.79 Å². The van der Waals surface area contributed by atoms with E-state index in [0.29, 0.717) is 17.9 Å². The predicted octanol–water partition coefficient (Wildman–Crippen LogP) is 3.87. The average molecular weight is 333 g/mol. The fourth-order valence-corrected chi connectivity index (χ4v) is 2.96. The number of carboxylic acid groups (broad SMARTS) is 1. The number of ether oxygens (including phenoxy) is 1. The molecule has 1 aliphatic rings. The van der Waals surface area contributed by atoms with Gasteiger partial charge in [0.05, 0.1) is 0 Å². The highest BCUT2D eigenvalue weighted by Gasteiger charge is 2.30. The van der Waals surface area contributed by atoms with Crippen molar-refractivity contribution in [3.8, 4) is 5.75 Å². The minimum Gasteiger partial charge on any atom is -0.489 e. The molecule has 0 saturated carbocycles. The molecule has 3 rings (SSSR count). The number of hydrogen-bond donors (Lipinski definition) is 1. The molecule has 102 valence electrons. The van der Waals surface area contributed by atoms with Gasteiger partial charge in [-0.05, 0) is 36.2 Å². The Kier molecular flexibility index (Phi) is 3.26. The van der Waals surface area contributed by atoms with E-state index >= 15 is 0 Å². The number of aryl methyl sites for hydroxylation is 1. The molecule has 0 aromatic heterocycles. The van der Waals surface area contributed by atoms with Crippen molar-refractivity contribution < 1.29 is 14.6 Å². The monoisotopic (exact) mass is 332 g/mol. The van der Waals surface area contributed by atoms with E-state index in [1.54, 1.807) is 0 Å². The van der Waals surface area contributed by atoms with E-state index in [0.717, 1.165) is 21.2 Å². The van der Waals surface area contributed by atoms with E-state index < -0.39 is 11.9 Å². The number of halogens is 1. The molecule has 20 heavy (non-hydrogen) atoms. The van der Waals surface area contributed by atoms with Crippen LogP contribution in [0.5, 0.6) is 5.75 Å². The molecule has 1 heterocycles. The van der Waals surface area contributed by atoms with Crippen LogP contribution < -0.4 is 4.74 Å². The molecule has 1 atom stereocenters. The van der Waals surface area contributed by atoms with Gasteiger partial charge in [0.2, 0.25) is 0 Å². The van der Waals surface area contributed by atoms with Gasteiger partial charge >= 0.3 is 5.97 Å². The van der Waals surface area contributed by atoms with E-state index in [2.05, 4.69) is 15.9 Å². The lowest BCUT2D eigenvalue weighted by Gasteiger charge is -2.15. The highest BCUT2D eigenvalue weighted by Crippen LogP contribution is 2.39. The first-order valence-corrected chi connectivity index (χ1v) is 7.10. The van der Waals surface area contributed by atoms with Crippen LogP contribution in [-0.2, 0) is 11.4 Å². The second-order valence-corrected chi connectivity index (χ2v) is 5.86. The second kappa shape index (κ2) is 4.94. The zero-order valence-corrected chi connectivity index (χ0v) is 12.5. The third-order valence-electron chi connectivity index (χ3n) is 3.53. The minimum absolute atomic E-state index is 0.391. The Balaban J connectivity index is 2.27. The summed E-state index contributed by atoms with van der Waals surface area (Å²) in [6.07, 6.45) is 0. The molecule has 2 aromatic carbocycles. The Hall–Kier alpha value is -1.81. The van der Waals surface area contributed by atoms with Crippen LogP contribution >= 0.6 is 15.9 Å². The van der Waals surface area contributed by atoms with Gasteiger partial charge in [0.15, 0.2) is 0 Å². The minimum atomic E-state index is -0.860. The number of aliphatic carboxylic acids is 1. The van der Waals surface area contributed by atoms with Gasteiger partial charge in [0.25, 0.3) is 0 Å². The van der Waals surface area contributed by atoms with Crippen molar-refractivity contribution in [2.45, 2.75) is 19.4 Å². The highest BCUT2D eigenvalue weighted by atomic mass is 79.9. The first-order valence-electron chi connectivity index (χ1n) is 6.31. The van der Waals surface area contributed by atoms with Crippen molar-refractivity contribution >= 4 is 21.9 Å². The third kappa shape index (κ3) is 2.20. The van der Waals surface area contributed by atoms with Crippen molar-refractivity contribution in [2.75, 3.05) is 0 Å². The Labute approximate surface area is 125 Å². The summed E-state index contributed by atoms with van der Waals surface area (Å²) in [4.78, 5) is 11.8. The summed E-state index contributed by atoms with van der Waals surface area (Å²) in [5.74, 6) is -0.906. The SMILES string of the molecule is Cc1ccc2c(c1)[C@@H](C(=O)O)c1cc(Br)ccc1CO2. The molecule has 0 fully saturated rings. The van der Waals surface area contributed by atoms with Crippen LogP contribution in [0.2, 0.25) is 0 Å². The maximum absolute atomic E-state index is 11.8. The third-order valence-corrected chi connectivity index (χ3v) is 4.02. The Morgan fingerprint density at radius 2 is 2.05 bits per heavy atom. The van der Waals surface area contributed by atoms with Crippen molar-refractivity contribution in [3.63, 3.8) is 0 Å². The fourth-order valence-electron chi connectivity index (χ4n) is 2.58. The summed E-state index contributed by atoms with van der Waals surface area (Å²) < 4.78 is 6.65. The van der Waals surface area contributed by atoms with Gasteiger partial charge < -0.3 is 9.84 Å². The lowest BCUT2D eigenvalue weighted by molar-refractivity contribution is -0.137. The molecule has 2 aromatic rings. The van der Waals surface area contributed by atoms with Crippen molar-refractivity contribution in [3.05, 3.63) is 63.1 Å². The fraction of sp³-hybridized carbons (Fsp3) is 0.188. The molecule has 0 bridgehead atoms. The van der Waals surface area contributed by atoms with E-state index in [4.69, 9.17) is 4.74 Å². The summed E-state index contributed by atoms with van der Waals surface area (Å²) in [5, 5.41) is 9.67. The van der Waals surface area contributed by atoms with Crippen molar-refractivity contribution in [1.29, 1.82) is 0 Å². The molecule has 0 spiro atoms. The maximum atomic E-state index is 11.8. The quantitative estimate of drug-likeness (QED) is 0.862. The lowest BCUT2D eigenvalue weighted by atomic mass is 9.88. The van der Waals surface area contributed by atoms with Gasteiger partial charge in [-0.1, -0.05) is 39.7 Å². The summed E-state index contributed by atoms with van der Waals surface area (Å²) in [6, 6.07) is 11.4. The van der Waals surface area contributed by atoms with E-state index in [-0.39, 0.29) is 0 Å². The van der Waals surface area contributed by atoms with Crippen LogP contribution in [0.25, 0.3) is 0 Å². The normalized spacial score (nSPS) is 16.6. The molecule has 0 radical (unpaired) electrons.